The van der Waals surface area contributed by atoms with Crippen molar-refractivity contribution in [3.8, 4) is 0 Å². The Balaban J connectivity index is 1.96. The van der Waals surface area contributed by atoms with Crippen LogP contribution in [0.1, 0.15) is 18.4 Å². The van der Waals surface area contributed by atoms with Crippen molar-refractivity contribution in [2.45, 2.75) is 24.8 Å². The van der Waals surface area contributed by atoms with Crippen molar-refractivity contribution in [1.29, 1.82) is 0 Å². The fourth-order valence-corrected chi connectivity index (χ4v) is 2.32. The van der Waals surface area contributed by atoms with Crippen molar-refractivity contribution in [3.05, 3.63) is 35.4 Å². The quantitative estimate of drug-likeness (QED) is 0.851. The van der Waals surface area contributed by atoms with Crippen molar-refractivity contribution in [2.24, 2.45) is 0 Å². The third-order valence-electron chi connectivity index (χ3n) is 2.86. The number of alkyl halides is 1. The van der Waals surface area contributed by atoms with Crippen LogP contribution in [0.2, 0.25) is 0 Å². The highest BCUT2D eigenvalue weighted by atomic mass is 79.9. The molecule has 2 rings (SSSR count). The van der Waals surface area contributed by atoms with Crippen LogP contribution < -0.4 is 5.32 Å². The Kier molecular flexibility index (Phi) is 3.47. The minimum Gasteiger partial charge on any atom is -0.350 e. The van der Waals surface area contributed by atoms with Crippen LogP contribution in [0.15, 0.2) is 18.2 Å². The van der Waals surface area contributed by atoms with Gasteiger partial charge >= 0.3 is 0 Å². The molecule has 2 nitrogen and oxygen atoms in total. The van der Waals surface area contributed by atoms with Gasteiger partial charge in [0.15, 0.2) is 11.6 Å². The van der Waals surface area contributed by atoms with Crippen LogP contribution >= 0.6 is 15.9 Å². The van der Waals surface area contributed by atoms with Crippen molar-refractivity contribution >= 4 is 21.8 Å². The Hall–Kier alpha value is -0.970. The zero-order chi connectivity index (χ0) is 12.5. The maximum absolute atomic E-state index is 12.9. The van der Waals surface area contributed by atoms with Crippen LogP contribution in [0.4, 0.5) is 8.78 Å². The second kappa shape index (κ2) is 4.72. The number of rotatable bonds is 4. The van der Waals surface area contributed by atoms with E-state index in [0.717, 1.165) is 30.3 Å². The first kappa shape index (κ1) is 12.5. The molecule has 5 heteroatoms. The lowest BCUT2D eigenvalue weighted by atomic mass is 10.1. The topological polar surface area (TPSA) is 29.1 Å². The monoisotopic (exact) mass is 303 g/mol. The first-order valence-electron chi connectivity index (χ1n) is 5.36. The SMILES string of the molecule is O=C(Cc1ccc(F)c(F)c1)NC1(CBr)CC1. The molecule has 1 amide bonds. The average molecular weight is 304 g/mol. The predicted octanol–water partition coefficient (Wildman–Crippen LogP) is 2.55. The largest absolute Gasteiger partial charge is 0.350 e. The van der Waals surface area contributed by atoms with Crippen LogP contribution in [0, 0.1) is 11.6 Å². The highest BCUT2D eigenvalue weighted by Crippen LogP contribution is 2.36. The zero-order valence-corrected chi connectivity index (χ0v) is 10.7. The summed E-state index contributed by atoms with van der Waals surface area (Å²) < 4.78 is 25.6. The molecule has 0 unspecified atom stereocenters. The van der Waals surface area contributed by atoms with E-state index in [9.17, 15) is 13.6 Å². The van der Waals surface area contributed by atoms with Gasteiger partial charge in [-0.2, -0.15) is 0 Å². The number of nitrogens with one attached hydrogen (secondary N) is 1. The van der Waals surface area contributed by atoms with Crippen LogP contribution in [-0.4, -0.2) is 16.8 Å². The summed E-state index contributed by atoms with van der Waals surface area (Å²) in [6.45, 7) is 0. The summed E-state index contributed by atoms with van der Waals surface area (Å²) in [6.07, 6.45) is 2.00. The zero-order valence-electron chi connectivity index (χ0n) is 9.10. The molecular weight excluding hydrogens is 292 g/mol. The van der Waals surface area contributed by atoms with Gasteiger partial charge in [-0.15, -0.1) is 0 Å². The van der Waals surface area contributed by atoms with Gasteiger partial charge in [0.25, 0.3) is 0 Å². The van der Waals surface area contributed by atoms with E-state index in [1.54, 1.807) is 0 Å². The first-order chi connectivity index (χ1) is 8.04. The Labute approximate surface area is 107 Å². The van der Waals surface area contributed by atoms with E-state index >= 15 is 0 Å². The maximum atomic E-state index is 12.9. The Bertz CT molecular complexity index is 446. The van der Waals surface area contributed by atoms with E-state index in [1.165, 1.54) is 6.07 Å². The second-order valence-electron chi connectivity index (χ2n) is 4.39. The molecule has 0 saturated heterocycles. The van der Waals surface area contributed by atoms with E-state index in [2.05, 4.69) is 21.2 Å². The molecule has 0 aliphatic heterocycles. The Morgan fingerprint density at radius 1 is 1.35 bits per heavy atom. The summed E-state index contributed by atoms with van der Waals surface area (Å²) in [6, 6.07) is 3.52. The second-order valence-corrected chi connectivity index (χ2v) is 4.95. The summed E-state index contributed by atoms with van der Waals surface area (Å²) in [5.41, 5.74) is 0.363. The number of hydrogen-bond acceptors (Lipinski definition) is 1. The Morgan fingerprint density at radius 2 is 2.06 bits per heavy atom. The molecule has 0 aromatic heterocycles. The van der Waals surface area contributed by atoms with E-state index < -0.39 is 11.6 Å². The molecule has 1 N–H and O–H groups in total. The third-order valence-corrected chi connectivity index (χ3v) is 3.94. The number of hydrogen-bond donors (Lipinski definition) is 1. The van der Waals surface area contributed by atoms with Gasteiger partial charge in [0.2, 0.25) is 5.91 Å². The summed E-state index contributed by atoms with van der Waals surface area (Å²) in [4.78, 5) is 11.7. The minimum atomic E-state index is -0.920. The number of carbonyl (C=O) groups is 1. The van der Waals surface area contributed by atoms with Gasteiger partial charge in [-0.1, -0.05) is 22.0 Å². The van der Waals surface area contributed by atoms with Crippen LogP contribution in [0.5, 0.6) is 0 Å². The lowest BCUT2D eigenvalue weighted by Gasteiger charge is -2.14. The average Bonchev–Trinajstić information content (AvgIpc) is 3.04. The molecule has 0 bridgehead atoms. The van der Waals surface area contributed by atoms with Gasteiger partial charge in [0.05, 0.1) is 6.42 Å². The van der Waals surface area contributed by atoms with Gasteiger partial charge in [-0.25, -0.2) is 8.78 Å². The van der Waals surface area contributed by atoms with E-state index in [4.69, 9.17) is 0 Å². The lowest BCUT2D eigenvalue weighted by molar-refractivity contribution is -0.121. The molecule has 0 spiro atoms. The van der Waals surface area contributed by atoms with E-state index in [-0.39, 0.29) is 17.9 Å². The van der Waals surface area contributed by atoms with Crippen molar-refractivity contribution < 1.29 is 13.6 Å². The Morgan fingerprint density at radius 3 is 2.59 bits per heavy atom. The predicted molar refractivity (Wildman–Crippen MR) is 64.0 cm³/mol. The molecule has 92 valence electrons. The molecule has 1 aliphatic carbocycles. The normalized spacial score (nSPS) is 16.6. The number of halogens is 3. The van der Waals surface area contributed by atoms with Crippen LogP contribution in [0.25, 0.3) is 0 Å². The summed E-state index contributed by atoms with van der Waals surface area (Å²) in [5.74, 6) is -1.97. The molecule has 1 aromatic rings. The molecule has 1 saturated carbocycles. The third kappa shape index (κ3) is 3.03. The maximum Gasteiger partial charge on any atom is 0.224 e. The highest BCUT2D eigenvalue weighted by Gasteiger charge is 2.42. The molecule has 1 aliphatic rings. The van der Waals surface area contributed by atoms with Crippen LogP contribution in [0.3, 0.4) is 0 Å². The summed E-state index contributed by atoms with van der Waals surface area (Å²) >= 11 is 3.34. The molecule has 17 heavy (non-hydrogen) atoms. The van der Waals surface area contributed by atoms with Gasteiger partial charge in [-0.05, 0) is 30.5 Å². The number of amides is 1. The van der Waals surface area contributed by atoms with E-state index in [0.29, 0.717) is 5.56 Å². The van der Waals surface area contributed by atoms with Gasteiger partial charge in [0, 0.05) is 10.9 Å². The molecule has 0 radical (unpaired) electrons. The fraction of sp³-hybridized carbons (Fsp3) is 0.417. The number of carbonyl (C=O) groups excluding carboxylic acids is 1. The minimum absolute atomic E-state index is 0.0753. The fourth-order valence-electron chi connectivity index (χ4n) is 1.62. The summed E-state index contributed by atoms with van der Waals surface area (Å²) in [5, 5.41) is 3.62. The molecule has 1 aromatic carbocycles. The van der Waals surface area contributed by atoms with Crippen LogP contribution in [-0.2, 0) is 11.2 Å². The smallest absolute Gasteiger partial charge is 0.224 e. The standard InChI is InChI=1S/C12H12BrF2NO/c13-7-12(3-4-12)16-11(17)6-8-1-2-9(14)10(15)5-8/h1-2,5H,3-4,6-7H2,(H,16,17). The lowest BCUT2D eigenvalue weighted by Crippen LogP contribution is -2.39. The van der Waals surface area contributed by atoms with Crippen molar-refractivity contribution in [3.63, 3.8) is 0 Å². The highest BCUT2D eigenvalue weighted by molar-refractivity contribution is 9.09. The molecule has 0 atom stereocenters. The van der Waals surface area contributed by atoms with Gasteiger partial charge in [-0.3, -0.25) is 4.79 Å². The van der Waals surface area contributed by atoms with Crippen molar-refractivity contribution in [2.75, 3.05) is 5.33 Å². The van der Waals surface area contributed by atoms with Gasteiger partial charge in [0.1, 0.15) is 0 Å². The molecular formula is C12H12BrF2NO. The van der Waals surface area contributed by atoms with E-state index in [1.807, 2.05) is 0 Å². The first-order valence-corrected chi connectivity index (χ1v) is 6.48. The van der Waals surface area contributed by atoms with Crippen molar-refractivity contribution in [1.82, 2.24) is 5.32 Å². The molecule has 1 fully saturated rings. The number of benzene rings is 1. The summed E-state index contributed by atoms with van der Waals surface area (Å²) in [7, 11) is 0. The van der Waals surface area contributed by atoms with Gasteiger partial charge < -0.3 is 5.32 Å². The molecule has 0 heterocycles.